The van der Waals surface area contributed by atoms with Crippen molar-refractivity contribution in [1.29, 1.82) is 0 Å². The van der Waals surface area contributed by atoms with Gasteiger partial charge in [0.05, 0.1) is 25.4 Å². The number of ether oxygens (including phenoxy) is 4. The van der Waals surface area contributed by atoms with E-state index in [1.165, 1.54) is 0 Å². The third-order valence-electron chi connectivity index (χ3n) is 4.68. The molecular weight excluding hydrogens is 452 g/mol. The predicted molar refractivity (Wildman–Crippen MR) is 133 cm³/mol. The molecule has 0 fully saturated rings. The summed E-state index contributed by atoms with van der Waals surface area (Å²) in [6, 6.07) is 7.43. The lowest BCUT2D eigenvalue weighted by atomic mass is 10.1. The smallest absolute Gasteiger partial charge is 0.407 e. The number of amides is 2. The van der Waals surface area contributed by atoms with Crippen molar-refractivity contribution < 1.29 is 33.3 Å². The molecule has 1 rings (SSSR count). The fourth-order valence-corrected chi connectivity index (χ4v) is 3.04. The minimum Gasteiger partial charge on any atom is -0.458 e. The van der Waals surface area contributed by atoms with Crippen molar-refractivity contribution in [3.8, 4) is 0 Å². The van der Waals surface area contributed by atoms with Gasteiger partial charge < -0.3 is 30.0 Å². The Morgan fingerprint density at radius 1 is 0.943 bits per heavy atom. The van der Waals surface area contributed by atoms with Gasteiger partial charge in [-0.2, -0.15) is 0 Å². The minimum atomic E-state index is -0.634. The normalized spacial score (nSPS) is 13.6. The number of hydrogen-bond donors (Lipinski definition) is 2. The molecule has 0 aromatic heterocycles. The van der Waals surface area contributed by atoms with Crippen LogP contribution in [0.2, 0.25) is 0 Å². The van der Waals surface area contributed by atoms with E-state index in [1.54, 1.807) is 20.8 Å². The van der Waals surface area contributed by atoms with Crippen LogP contribution in [-0.2, 0) is 41.6 Å². The van der Waals surface area contributed by atoms with E-state index in [0.29, 0.717) is 26.1 Å². The maximum Gasteiger partial charge on any atom is 0.407 e. The van der Waals surface area contributed by atoms with Crippen LogP contribution in [0.5, 0.6) is 0 Å². The molecule has 0 saturated carbocycles. The molecule has 198 valence electrons. The Hall–Kier alpha value is -2.65. The summed E-state index contributed by atoms with van der Waals surface area (Å²) in [5.74, 6) is -0.826. The van der Waals surface area contributed by atoms with E-state index in [4.69, 9.17) is 24.7 Å². The predicted octanol–water partition coefficient (Wildman–Crippen LogP) is 3.65. The molecule has 0 radical (unpaired) electrons. The number of benzene rings is 1. The summed E-state index contributed by atoms with van der Waals surface area (Å²) < 4.78 is 21.9. The molecular formula is C26H42N2O7. The van der Waals surface area contributed by atoms with Gasteiger partial charge >= 0.3 is 12.1 Å². The summed E-state index contributed by atoms with van der Waals surface area (Å²) in [6.45, 7) is 13.3. The number of primary amides is 1. The number of nitrogens with two attached hydrogens (primary N) is 1. The lowest BCUT2D eigenvalue weighted by Gasteiger charge is -2.27. The van der Waals surface area contributed by atoms with Crippen LogP contribution in [0.3, 0.4) is 0 Å². The number of rotatable bonds is 13. The Morgan fingerprint density at radius 3 is 2.06 bits per heavy atom. The maximum atomic E-state index is 12.2. The minimum absolute atomic E-state index is 0.0741. The van der Waals surface area contributed by atoms with Gasteiger partial charge in [-0.15, -0.1) is 0 Å². The zero-order chi connectivity index (χ0) is 26.6. The van der Waals surface area contributed by atoms with Crippen molar-refractivity contribution in [2.45, 2.75) is 97.7 Å². The van der Waals surface area contributed by atoms with E-state index < -0.39 is 29.2 Å². The van der Waals surface area contributed by atoms with E-state index in [0.717, 1.165) is 11.1 Å². The quantitative estimate of drug-likeness (QED) is 0.317. The molecule has 0 aliphatic heterocycles. The Morgan fingerprint density at radius 2 is 1.51 bits per heavy atom. The number of esters is 1. The topological polar surface area (TPSA) is 126 Å². The molecule has 9 nitrogen and oxygen atoms in total. The second-order valence-electron chi connectivity index (χ2n) is 10.5. The van der Waals surface area contributed by atoms with Crippen molar-refractivity contribution in [2.24, 2.45) is 5.73 Å². The highest BCUT2D eigenvalue weighted by Gasteiger charge is 2.24. The largest absolute Gasteiger partial charge is 0.458 e. The van der Waals surface area contributed by atoms with Gasteiger partial charge in [-0.25, -0.2) is 9.59 Å². The third-order valence-corrected chi connectivity index (χ3v) is 4.68. The summed E-state index contributed by atoms with van der Waals surface area (Å²) in [4.78, 5) is 35.1. The molecule has 1 aromatic rings. The molecule has 1 aromatic carbocycles. The molecule has 0 aliphatic rings. The second kappa shape index (κ2) is 14.0. The van der Waals surface area contributed by atoms with Gasteiger partial charge in [0, 0.05) is 6.42 Å². The SMILES string of the molecule is C[C@@H](OCc1ccc(CCOCC(=O)OC(C)(C)C)cc1)[C@H](CCC(N)=O)NC(=O)OC(C)(C)C. The number of alkyl carbamates (subject to hydrolysis) is 1. The van der Waals surface area contributed by atoms with Gasteiger partial charge in [0.1, 0.15) is 17.8 Å². The van der Waals surface area contributed by atoms with E-state index in [9.17, 15) is 14.4 Å². The van der Waals surface area contributed by atoms with Gasteiger partial charge in [-0.05, 0) is 72.4 Å². The van der Waals surface area contributed by atoms with Crippen LogP contribution in [0.25, 0.3) is 0 Å². The fraction of sp³-hybridized carbons (Fsp3) is 0.654. The van der Waals surface area contributed by atoms with Gasteiger partial charge in [-0.1, -0.05) is 24.3 Å². The highest BCUT2D eigenvalue weighted by atomic mass is 16.6. The van der Waals surface area contributed by atoms with Crippen LogP contribution >= 0.6 is 0 Å². The molecule has 0 spiro atoms. The molecule has 0 aliphatic carbocycles. The van der Waals surface area contributed by atoms with Crippen molar-refractivity contribution in [1.82, 2.24) is 5.32 Å². The van der Waals surface area contributed by atoms with Crippen LogP contribution in [-0.4, -0.2) is 54.5 Å². The summed E-state index contributed by atoms with van der Waals surface area (Å²) in [6.07, 6.45) is 0.190. The summed E-state index contributed by atoms with van der Waals surface area (Å²) in [5, 5.41) is 2.78. The zero-order valence-corrected chi connectivity index (χ0v) is 22.1. The molecule has 0 bridgehead atoms. The van der Waals surface area contributed by atoms with Gasteiger partial charge in [0.25, 0.3) is 0 Å². The van der Waals surface area contributed by atoms with Crippen molar-refractivity contribution >= 4 is 18.0 Å². The Balaban J connectivity index is 2.51. The Bertz CT molecular complexity index is 810. The molecule has 2 amide bonds. The standard InChI is InChI=1S/C26H42N2O7/c1-18(21(12-13-22(27)29)28-24(31)35-26(5,6)7)33-16-20-10-8-19(9-11-20)14-15-32-17-23(30)34-25(2,3)4/h8-11,18,21H,12-17H2,1-7H3,(H2,27,29)(H,28,31)/t18-,21+/m1/s1. The summed E-state index contributed by atoms with van der Waals surface area (Å²) >= 11 is 0. The highest BCUT2D eigenvalue weighted by Crippen LogP contribution is 2.14. The molecule has 0 heterocycles. The van der Waals surface area contributed by atoms with Crippen LogP contribution in [0.15, 0.2) is 24.3 Å². The Kier molecular flexibility index (Phi) is 12.2. The van der Waals surface area contributed by atoms with Crippen LogP contribution in [0, 0.1) is 0 Å². The third kappa shape index (κ3) is 15.1. The number of hydrogen-bond acceptors (Lipinski definition) is 7. The number of carbonyl (C=O) groups is 3. The van der Waals surface area contributed by atoms with Gasteiger partial charge in [-0.3, -0.25) is 4.79 Å². The molecule has 3 N–H and O–H groups in total. The maximum absolute atomic E-state index is 12.2. The first kappa shape index (κ1) is 30.4. The summed E-state index contributed by atoms with van der Waals surface area (Å²) in [7, 11) is 0. The first-order chi connectivity index (χ1) is 16.1. The van der Waals surface area contributed by atoms with Gasteiger partial charge in [0.2, 0.25) is 5.91 Å². The monoisotopic (exact) mass is 494 g/mol. The molecule has 2 atom stereocenters. The Labute approximate surface area is 209 Å². The van der Waals surface area contributed by atoms with Crippen molar-refractivity contribution in [2.75, 3.05) is 13.2 Å². The highest BCUT2D eigenvalue weighted by molar-refractivity contribution is 5.74. The number of carbonyl (C=O) groups excluding carboxylic acids is 3. The van der Waals surface area contributed by atoms with Crippen molar-refractivity contribution in [3.63, 3.8) is 0 Å². The first-order valence-electron chi connectivity index (χ1n) is 11.9. The summed E-state index contributed by atoms with van der Waals surface area (Å²) in [5.41, 5.74) is 6.15. The average Bonchev–Trinajstić information content (AvgIpc) is 2.70. The first-order valence-corrected chi connectivity index (χ1v) is 11.9. The van der Waals surface area contributed by atoms with Crippen LogP contribution in [0.1, 0.15) is 72.4 Å². The average molecular weight is 495 g/mol. The van der Waals surface area contributed by atoms with E-state index in [1.807, 2.05) is 52.0 Å². The molecule has 9 heteroatoms. The van der Waals surface area contributed by atoms with Gasteiger partial charge in [0.15, 0.2) is 0 Å². The molecule has 35 heavy (non-hydrogen) atoms. The molecule has 0 unspecified atom stereocenters. The van der Waals surface area contributed by atoms with Crippen LogP contribution < -0.4 is 11.1 Å². The lowest BCUT2D eigenvalue weighted by Crippen LogP contribution is -2.45. The number of nitrogens with one attached hydrogen (secondary N) is 1. The van der Waals surface area contributed by atoms with Crippen LogP contribution in [0.4, 0.5) is 4.79 Å². The zero-order valence-electron chi connectivity index (χ0n) is 22.1. The van der Waals surface area contributed by atoms with E-state index >= 15 is 0 Å². The fourth-order valence-electron chi connectivity index (χ4n) is 3.04. The second-order valence-corrected chi connectivity index (χ2v) is 10.5. The van der Waals surface area contributed by atoms with Crippen molar-refractivity contribution in [3.05, 3.63) is 35.4 Å². The van der Waals surface area contributed by atoms with E-state index in [2.05, 4.69) is 5.32 Å². The molecule has 0 saturated heterocycles. The van der Waals surface area contributed by atoms with E-state index in [-0.39, 0.29) is 25.1 Å². The lowest BCUT2D eigenvalue weighted by molar-refractivity contribution is -0.160.